The molecule has 4 aromatic heterocycles. The molecule has 9 heteroatoms. The zero-order valence-corrected chi connectivity index (χ0v) is 25.5. The van der Waals surface area contributed by atoms with E-state index in [4.69, 9.17) is 20.4 Å². The number of rotatable bonds is 6. The van der Waals surface area contributed by atoms with Crippen molar-refractivity contribution in [2.24, 2.45) is 24.6 Å². The van der Waals surface area contributed by atoms with Gasteiger partial charge in [-0.3, -0.25) is 9.78 Å². The molecule has 3 fully saturated rings. The number of aryl methyl sites for hydroxylation is 1. The van der Waals surface area contributed by atoms with Gasteiger partial charge in [-0.05, 0) is 85.4 Å². The molecule has 2 N–H and O–H groups in total. The number of imidazole rings is 1. The zero-order valence-electron chi connectivity index (χ0n) is 25.5. The molecule has 2 saturated carbocycles. The topological polar surface area (TPSA) is 104 Å². The highest BCUT2D eigenvalue weighted by atomic mass is 16.5. The number of fused-ring (bicyclic) bond motifs is 5. The lowest BCUT2D eigenvalue weighted by Crippen LogP contribution is -2.41. The predicted octanol–water partition coefficient (Wildman–Crippen LogP) is 5.79. The van der Waals surface area contributed by atoms with Gasteiger partial charge in [0.2, 0.25) is 0 Å². The van der Waals surface area contributed by atoms with Crippen LogP contribution in [0.2, 0.25) is 0 Å². The number of nitrogens with zero attached hydrogens (tertiary/aromatic N) is 6. The first-order valence-corrected chi connectivity index (χ1v) is 15.9. The highest BCUT2D eigenvalue weighted by Gasteiger charge is 2.47. The first-order chi connectivity index (χ1) is 22.0. The van der Waals surface area contributed by atoms with Crippen LogP contribution in [0.4, 0.5) is 0 Å². The van der Waals surface area contributed by atoms with Crippen molar-refractivity contribution in [2.45, 2.75) is 44.3 Å². The molecule has 1 saturated heterocycles. The maximum absolute atomic E-state index is 13.7. The van der Waals surface area contributed by atoms with E-state index in [1.807, 2.05) is 42.5 Å². The van der Waals surface area contributed by atoms with E-state index in [2.05, 4.69) is 50.5 Å². The second-order valence-electron chi connectivity index (χ2n) is 13.1. The number of benzene rings is 2. The van der Waals surface area contributed by atoms with Gasteiger partial charge in [-0.25, -0.2) is 9.97 Å². The molecule has 2 aromatic carbocycles. The molecule has 1 aliphatic heterocycles. The summed E-state index contributed by atoms with van der Waals surface area (Å²) < 4.78 is 10.3. The van der Waals surface area contributed by atoms with Crippen LogP contribution in [0.3, 0.4) is 0 Å². The van der Waals surface area contributed by atoms with Crippen LogP contribution in [0.5, 0.6) is 5.75 Å². The first kappa shape index (κ1) is 26.6. The molecule has 0 spiro atoms. The predicted molar refractivity (Wildman–Crippen MR) is 175 cm³/mol. The highest BCUT2D eigenvalue weighted by molar-refractivity contribution is 6.00. The normalized spacial score (nSPS) is 21.0. The van der Waals surface area contributed by atoms with Crippen LogP contribution in [0.1, 0.15) is 36.0 Å². The Balaban J connectivity index is 1.15. The minimum Gasteiger partial charge on any atom is -0.494 e. The second-order valence-corrected chi connectivity index (χ2v) is 13.1. The van der Waals surface area contributed by atoms with Crippen LogP contribution in [-0.2, 0) is 13.6 Å². The summed E-state index contributed by atoms with van der Waals surface area (Å²) in [6.45, 7) is 1.62. The van der Waals surface area contributed by atoms with Crippen LogP contribution >= 0.6 is 0 Å². The average Bonchev–Trinajstić information content (AvgIpc) is 3.47. The van der Waals surface area contributed by atoms with Gasteiger partial charge in [0.05, 0.1) is 24.0 Å². The van der Waals surface area contributed by atoms with E-state index in [9.17, 15) is 4.79 Å². The third-order valence-electron chi connectivity index (χ3n) is 10.4. The van der Waals surface area contributed by atoms with Crippen molar-refractivity contribution in [3.63, 3.8) is 0 Å². The molecule has 0 radical (unpaired) electrons. The summed E-state index contributed by atoms with van der Waals surface area (Å²) >= 11 is 0. The number of piperidine rings is 1. The van der Waals surface area contributed by atoms with Gasteiger partial charge in [-0.2, -0.15) is 0 Å². The molecule has 2 aliphatic carbocycles. The quantitative estimate of drug-likeness (QED) is 0.261. The minimum atomic E-state index is 0.00887. The van der Waals surface area contributed by atoms with E-state index in [1.54, 1.807) is 7.11 Å². The SMILES string of the molecule is COc1cc(C(=O)N2CC3CCC2[C@@H]3N)cc2nc(-c3cc4ccc(-c5ccc6cnccc6c5)nc4n3CC3CC3)n(C)c12. The molecule has 6 aromatic rings. The fourth-order valence-corrected chi connectivity index (χ4v) is 7.73. The van der Waals surface area contributed by atoms with Gasteiger partial charge in [0, 0.05) is 66.5 Å². The number of aromatic nitrogens is 5. The minimum absolute atomic E-state index is 0.00887. The summed E-state index contributed by atoms with van der Waals surface area (Å²) in [5, 5.41) is 3.33. The fraction of sp³-hybridized carbons (Fsp3) is 0.333. The molecule has 9 rings (SSSR count). The highest BCUT2D eigenvalue weighted by Crippen LogP contribution is 2.40. The van der Waals surface area contributed by atoms with E-state index in [1.165, 1.54) is 12.8 Å². The molecule has 9 nitrogen and oxygen atoms in total. The smallest absolute Gasteiger partial charge is 0.254 e. The van der Waals surface area contributed by atoms with Gasteiger partial charge in [0.15, 0.2) is 5.82 Å². The molecular weight excluding hydrogens is 562 g/mol. The van der Waals surface area contributed by atoms with Crippen LogP contribution in [-0.4, -0.2) is 60.6 Å². The van der Waals surface area contributed by atoms with Gasteiger partial charge in [0.25, 0.3) is 5.91 Å². The molecule has 3 aliphatic rings. The Morgan fingerprint density at radius 3 is 2.62 bits per heavy atom. The van der Waals surface area contributed by atoms with Crippen LogP contribution in [0.25, 0.3) is 55.6 Å². The number of hydrogen-bond acceptors (Lipinski definition) is 6. The van der Waals surface area contributed by atoms with Crippen molar-refractivity contribution >= 4 is 38.7 Å². The molecule has 2 unspecified atom stereocenters. The van der Waals surface area contributed by atoms with E-state index in [0.717, 1.165) is 81.5 Å². The molecular formula is C36H35N7O2. The molecule has 5 heterocycles. The maximum atomic E-state index is 13.7. The summed E-state index contributed by atoms with van der Waals surface area (Å²) in [6, 6.07) is 18.9. The Hall–Kier alpha value is -4.76. The van der Waals surface area contributed by atoms with E-state index in [0.29, 0.717) is 23.1 Å². The number of carbonyl (C=O) groups is 1. The van der Waals surface area contributed by atoms with Crippen LogP contribution in [0.15, 0.2) is 67.0 Å². The lowest BCUT2D eigenvalue weighted by molar-refractivity contribution is 0.0700. The standard InChI is InChI=1S/C36H35N7O2/c1-41-33-28(14-26(16-31(33)45-2)36(44)43-19-25-8-10-29(43)32(25)37)40-35(41)30-15-23-7-9-27(39-34(23)42(30)18-20-3-4-20)22-5-6-24-17-38-12-11-21(24)13-22/h5-7,9,11-17,20,25,29,32H,3-4,8,10,18-19,37H2,1-2H3/t25?,29?,32-/m1/s1. The number of pyridine rings is 2. The van der Waals surface area contributed by atoms with Crippen LogP contribution in [0, 0.1) is 11.8 Å². The van der Waals surface area contributed by atoms with Crippen molar-refractivity contribution < 1.29 is 9.53 Å². The number of hydrogen-bond donors (Lipinski definition) is 1. The number of amides is 1. The lowest BCUT2D eigenvalue weighted by Gasteiger charge is -2.27. The van der Waals surface area contributed by atoms with Crippen molar-refractivity contribution in [2.75, 3.05) is 13.7 Å². The summed E-state index contributed by atoms with van der Waals surface area (Å²) in [4.78, 5) is 30.3. The zero-order chi connectivity index (χ0) is 30.4. The Labute approximate surface area is 260 Å². The molecule has 2 bridgehead atoms. The number of carbonyl (C=O) groups excluding carboxylic acids is 1. The average molecular weight is 598 g/mol. The summed E-state index contributed by atoms with van der Waals surface area (Å²) in [5.74, 6) is 2.51. The molecule has 3 atom stereocenters. The van der Waals surface area contributed by atoms with Crippen molar-refractivity contribution in [3.8, 4) is 28.5 Å². The number of likely N-dealkylation sites (tertiary alicyclic amines) is 1. The lowest BCUT2D eigenvalue weighted by atomic mass is 10.1. The van der Waals surface area contributed by atoms with Gasteiger partial charge in [-0.1, -0.05) is 12.1 Å². The Kier molecular flexibility index (Phi) is 5.84. The fourth-order valence-electron chi connectivity index (χ4n) is 7.73. The summed E-state index contributed by atoms with van der Waals surface area (Å²) in [6.07, 6.45) is 8.24. The number of methoxy groups -OCH3 is 1. The summed E-state index contributed by atoms with van der Waals surface area (Å²) in [7, 11) is 3.68. The monoisotopic (exact) mass is 597 g/mol. The number of ether oxygens (including phenoxy) is 1. The summed E-state index contributed by atoms with van der Waals surface area (Å²) in [5.41, 5.74) is 12.6. The maximum Gasteiger partial charge on any atom is 0.254 e. The van der Waals surface area contributed by atoms with E-state index in [-0.39, 0.29) is 18.0 Å². The molecule has 226 valence electrons. The molecule has 45 heavy (non-hydrogen) atoms. The second kappa shape index (κ2) is 9.87. The third kappa shape index (κ3) is 4.17. The largest absolute Gasteiger partial charge is 0.494 e. The van der Waals surface area contributed by atoms with Gasteiger partial charge < -0.3 is 24.5 Å². The van der Waals surface area contributed by atoms with Crippen molar-refractivity contribution in [1.29, 1.82) is 0 Å². The van der Waals surface area contributed by atoms with Crippen molar-refractivity contribution in [3.05, 3.63) is 72.6 Å². The van der Waals surface area contributed by atoms with Gasteiger partial charge in [-0.15, -0.1) is 0 Å². The van der Waals surface area contributed by atoms with E-state index >= 15 is 0 Å². The Morgan fingerprint density at radius 1 is 0.978 bits per heavy atom. The van der Waals surface area contributed by atoms with Crippen molar-refractivity contribution in [1.82, 2.24) is 29.0 Å². The molecule has 1 amide bonds. The van der Waals surface area contributed by atoms with Crippen LogP contribution < -0.4 is 10.5 Å². The van der Waals surface area contributed by atoms with Gasteiger partial charge >= 0.3 is 0 Å². The number of nitrogens with two attached hydrogens (primary N) is 1. The third-order valence-corrected chi connectivity index (χ3v) is 10.4. The van der Waals surface area contributed by atoms with E-state index < -0.39 is 0 Å². The first-order valence-electron chi connectivity index (χ1n) is 15.9. The Morgan fingerprint density at radius 2 is 1.84 bits per heavy atom. The van der Waals surface area contributed by atoms with Gasteiger partial charge in [0.1, 0.15) is 16.9 Å². The Bertz CT molecular complexity index is 2160.